The van der Waals surface area contributed by atoms with Gasteiger partial charge in [-0.3, -0.25) is 0 Å². The SMILES string of the molecule is N#Cc1ccc(-n2cc(Br)cn2)cn1. The van der Waals surface area contributed by atoms with Crippen molar-refractivity contribution in [1.82, 2.24) is 14.8 Å². The Balaban J connectivity index is 2.39. The van der Waals surface area contributed by atoms with Gasteiger partial charge in [-0.05, 0) is 28.1 Å². The number of nitrogens with zero attached hydrogens (tertiary/aromatic N) is 4. The molecule has 0 fully saturated rings. The van der Waals surface area contributed by atoms with E-state index in [-0.39, 0.29) is 0 Å². The molecule has 2 heterocycles. The van der Waals surface area contributed by atoms with Crippen LogP contribution in [0.25, 0.3) is 5.69 Å². The van der Waals surface area contributed by atoms with Gasteiger partial charge in [0.2, 0.25) is 0 Å². The fraction of sp³-hybridized carbons (Fsp3) is 0. The van der Waals surface area contributed by atoms with Crippen LogP contribution in [0.5, 0.6) is 0 Å². The van der Waals surface area contributed by atoms with Crippen molar-refractivity contribution in [2.45, 2.75) is 0 Å². The quantitative estimate of drug-likeness (QED) is 0.775. The zero-order valence-electron chi connectivity index (χ0n) is 7.05. The number of aromatic nitrogens is 3. The molecule has 0 atom stereocenters. The molecule has 5 heteroatoms. The van der Waals surface area contributed by atoms with Gasteiger partial charge in [0.1, 0.15) is 11.8 Å². The minimum absolute atomic E-state index is 0.403. The molecule has 0 radical (unpaired) electrons. The molecular formula is C9H5BrN4. The standard InChI is InChI=1S/C9H5BrN4/c10-7-4-13-14(6-7)9-2-1-8(3-11)12-5-9/h1-2,4-6H. The van der Waals surface area contributed by atoms with Crippen LogP contribution in [-0.4, -0.2) is 14.8 Å². The molecule has 0 saturated carbocycles. The first-order valence-electron chi connectivity index (χ1n) is 3.86. The second-order valence-corrected chi connectivity index (χ2v) is 3.53. The number of hydrogen-bond acceptors (Lipinski definition) is 3. The molecule has 2 aromatic heterocycles. The van der Waals surface area contributed by atoms with E-state index in [0.717, 1.165) is 10.2 Å². The Kier molecular flexibility index (Phi) is 2.29. The Bertz CT molecular complexity index is 480. The second-order valence-electron chi connectivity index (χ2n) is 2.62. The van der Waals surface area contributed by atoms with Crippen molar-refractivity contribution in [2.24, 2.45) is 0 Å². The van der Waals surface area contributed by atoms with Gasteiger partial charge >= 0.3 is 0 Å². The Morgan fingerprint density at radius 3 is 2.71 bits per heavy atom. The minimum Gasteiger partial charge on any atom is -0.243 e. The lowest BCUT2D eigenvalue weighted by molar-refractivity contribution is 0.873. The van der Waals surface area contributed by atoms with Crippen molar-refractivity contribution < 1.29 is 0 Å². The van der Waals surface area contributed by atoms with E-state index in [9.17, 15) is 0 Å². The first-order chi connectivity index (χ1) is 6.79. The molecule has 2 rings (SSSR count). The van der Waals surface area contributed by atoms with Crippen LogP contribution in [-0.2, 0) is 0 Å². The van der Waals surface area contributed by atoms with Crippen LogP contribution in [0.2, 0.25) is 0 Å². The van der Waals surface area contributed by atoms with Crippen molar-refractivity contribution in [1.29, 1.82) is 5.26 Å². The topological polar surface area (TPSA) is 54.5 Å². The van der Waals surface area contributed by atoms with E-state index >= 15 is 0 Å². The van der Waals surface area contributed by atoms with E-state index in [2.05, 4.69) is 26.0 Å². The molecule has 4 nitrogen and oxygen atoms in total. The Morgan fingerprint density at radius 2 is 2.21 bits per heavy atom. The average molecular weight is 249 g/mol. The predicted octanol–water partition coefficient (Wildman–Crippen LogP) is 1.90. The molecule has 0 aromatic carbocycles. The normalized spacial score (nSPS) is 9.71. The van der Waals surface area contributed by atoms with E-state index < -0.39 is 0 Å². The van der Waals surface area contributed by atoms with Crippen molar-refractivity contribution in [2.75, 3.05) is 0 Å². The lowest BCUT2D eigenvalue weighted by Gasteiger charge is -1.98. The summed E-state index contributed by atoms with van der Waals surface area (Å²) in [7, 11) is 0. The molecule has 0 aliphatic heterocycles. The van der Waals surface area contributed by atoms with Crippen molar-refractivity contribution in [3.05, 3.63) is 40.9 Å². The summed E-state index contributed by atoms with van der Waals surface area (Å²) in [4.78, 5) is 3.95. The van der Waals surface area contributed by atoms with Crippen LogP contribution in [0.15, 0.2) is 35.2 Å². The number of nitriles is 1. The highest BCUT2D eigenvalue weighted by Gasteiger charge is 1.99. The molecule has 0 bridgehead atoms. The van der Waals surface area contributed by atoms with Crippen LogP contribution in [0.3, 0.4) is 0 Å². The minimum atomic E-state index is 0.403. The maximum absolute atomic E-state index is 8.56. The monoisotopic (exact) mass is 248 g/mol. The Hall–Kier alpha value is -1.67. The number of hydrogen-bond donors (Lipinski definition) is 0. The summed E-state index contributed by atoms with van der Waals surface area (Å²) in [6.45, 7) is 0. The first-order valence-corrected chi connectivity index (χ1v) is 4.65. The fourth-order valence-corrected chi connectivity index (χ4v) is 1.32. The maximum Gasteiger partial charge on any atom is 0.140 e. The van der Waals surface area contributed by atoms with Crippen molar-refractivity contribution >= 4 is 15.9 Å². The van der Waals surface area contributed by atoms with Gasteiger partial charge in [0.25, 0.3) is 0 Å². The lowest BCUT2D eigenvalue weighted by Crippen LogP contribution is -1.95. The van der Waals surface area contributed by atoms with Crippen LogP contribution >= 0.6 is 15.9 Å². The molecule has 68 valence electrons. The van der Waals surface area contributed by atoms with Crippen LogP contribution in [0.1, 0.15) is 5.69 Å². The van der Waals surface area contributed by atoms with E-state index in [4.69, 9.17) is 5.26 Å². The highest BCUT2D eigenvalue weighted by Crippen LogP contribution is 2.11. The fourth-order valence-electron chi connectivity index (χ4n) is 1.03. The molecule has 0 saturated heterocycles. The van der Waals surface area contributed by atoms with Gasteiger partial charge in [-0.15, -0.1) is 0 Å². The van der Waals surface area contributed by atoms with E-state index in [0.29, 0.717) is 5.69 Å². The zero-order chi connectivity index (χ0) is 9.97. The highest BCUT2D eigenvalue weighted by atomic mass is 79.9. The zero-order valence-corrected chi connectivity index (χ0v) is 8.64. The second kappa shape index (κ2) is 3.60. The largest absolute Gasteiger partial charge is 0.243 e. The molecule has 0 aliphatic rings. The van der Waals surface area contributed by atoms with Gasteiger partial charge in [0, 0.05) is 6.20 Å². The molecule has 0 spiro atoms. The summed E-state index contributed by atoms with van der Waals surface area (Å²) in [6.07, 6.45) is 5.12. The van der Waals surface area contributed by atoms with Crippen molar-refractivity contribution in [3.63, 3.8) is 0 Å². The molecule has 0 N–H and O–H groups in total. The summed E-state index contributed by atoms with van der Waals surface area (Å²) in [5.41, 5.74) is 1.23. The van der Waals surface area contributed by atoms with Gasteiger partial charge in [-0.25, -0.2) is 9.67 Å². The van der Waals surface area contributed by atoms with Gasteiger partial charge in [-0.1, -0.05) is 0 Å². The molecular weight excluding hydrogens is 244 g/mol. The third kappa shape index (κ3) is 1.65. The summed E-state index contributed by atoms with van der Waals surface area (Å²) in [6, 6.07) is 5.42. The van der Waals surface area contributed by atoms with Crippen LogP contribution in [0.4, 0.5) is 0 Å². The van der Waals surface area contributed by atoms with Crippen LogP contribution in [0, 0.1) is 11.3 Å². The van der Waals surface area contributed by atoms with Gasteiger partial charge in [-0.2, -0.15) is 10.4 Å². The van der Waals surface area contributed by atoms with Crippen molar-refractivity contribution in [3.8, 4) is 11.8 Å². The third-order valence-electron chi connectivity index (χ3n) is 1.68. The van der Waals surface area contributed by atoms with Gasteiger partial charge in [0.05, 0.1) is 22.6 Å². The molecule has 0 aliphatic carbocycles. The summed E-state index contributed by atoms with van der Waals surface area (Å²) in [5, 5.41) is 12.6. The Morgan fingerprint density at radius 1 is 1.36 bits per heavy atom. The number of halogens is 1. The molecule has 2 aromatic rings. The molecule has 0 amide bonds. The van der Waals surface area contributed by atoms with Gasteiger partial charge in [0.15, 0.2) is 0 Å². The third-order valence-corrected chi connectivity index (χ3v) is 2.09. The number of rotatable bonds is 1. The maximum atomic E-state index is 8.56. The average Bonchev–Trinajstić information content (AvgIpc) is 2.65. The first kappa shape index (κ1) is 8.91. The molecule has 0 unspecified atom stereocenters. The Labute approximate surface area is 88.9 Å². The lowest BCUT2D eigenvalue weighted by atomic mass is 10.3. The molecule has 14 heavy (non-hydrogen) atoms. The summed E-state index contributed by atoms with van der Waals surface area (Å²) >= 11 is 3.30. The predicted molar refractivity (Wildman–Crippen MR) is 53.8 cm³/mol. The van der Waals surface area contributed by atoms with Crippen LogP contribution < -0.4 is 0 Å². The van der Waals surface area contributed by atoms with E-state index in [1.54, 1.807) is 29.2 Å². The van der Waals surface area contributed by atoms with E-state index in [1.807, 2.05) is 12.3 Å². The smallest absolute Gasteiger partial charge is 0.140 e. The van der Waals surface area contributed by atoms with E-state index in [1.165, 1.54) is 0 Å². The summed E-state index contributed by atoms with van der Waals surface area (Å²) in [5.74, 6) is 0. The number of pyridine rings is 1. The highest BCUT2D eigenvalue weighted by molar-refractivity contribution is 9.10. The van der Waals surface area contributed by atoms with Gasteiger partial charge < -0.3 is 0 Å². The summed E-state index contributed by atoms with van der Waals surface area (Å²) < 4.78 is 2.58.